The number of carbonyl (C=O) groups is 1. The van der Waals surface area contributed by atoms with Gasteiger partial charge in [0.1, 0.15) is 18.2 Å². The van der Waals surface area contributed by atoms with Crippen LogP contribution in [0.15, 0.2) is 48.8 Å². The number of amides is 1. The normalized spacial score (nSPS) is 13.4. The summed E-state index contributed by atoms with van der Waals surface area (Å²) >= 11 is 0. The Hall–Kier alpha value is -3.35. The van der Waals surface area contributed by atoms with E-state index in [1.165, 1.54) is 6.33 Å². The molecule has 1 amide bonds. The van der Waals surface area contributed by atoms with Crippen LogP contribution in [0.5, 0.6) is 11.5 Å². The topological polar surface area (TPSA) is 85.4 Å². The summed E-state index contributed by atoms with van der Waals surface area (Å²) in [5.74, 6) is 1.95. The van der Waals surface area contributed by atoms with Crippen LogP contribution >= 0.6 is 0 Å². The van der Waals surface area contributed by atoms with E-state index in [-0.39, 0.29) is 12.7 Å². The van der Waals surface area contributed by atoms with E-state index in [2.05, 4.69) is 20.6 Å². The molecule has 1 aliphatic rings. The number of nitrogens with one attached hydrogen (secondary N) is 2. The highest BCUT2D eigenvalue weighted by atomic mass is 16.7. The van der Waals surface area contributed by atoms with Gasteiger partial charge in [-0.25, -0.2) is 9.97 Å². The molecular weight excluding hydrogens is 332 g/mol. The molecule has 0 saturated heterocycles. The van der Waals surface area contributed by atoms with Gasteiger partial charge in [-0.3, -0.25) is 4.79 Å². The maximum absolute atomic E-state index is 12.4. The summed E-state index contributed by atoms with van der Waals surface area (Å²) in [6.07, 6.45) is 1.49. The van der Waals surface area contributed by atoms with Crippen LogP contribution < -0.4 is 20.1 Å². The number of para-hydroxylation sites is 1. The van der Waals surface area contributed by atoms with E-state index >= 15 is 0 Å². The predicted octanol–water partition coefficient (Wildman–Crippen LogP) is 2.48. The molecule has 0 spiro atoms. The van der Waals surface area contributed by atoms with Gasteiger partial charge in [0, 0.05) is 11.9 Å². The zero-order valence-electron chi connectivity index (χ0n) is 14.2. The Morgan fingerprint density at radius 1 is 1.15 bits per heavy atom. The lowest BCUT2D eigenvalue weighted by Crippen LogP contribution is -2.37. The lowest BCUT2D eigenvalue weighted by molar-refractivity contribution is -0.121. The smallest absolute Gasteiger partial charge is 0.242 e. The summed E-state index contributed by atoms with van der Waals surface area (Å²) in [6.45, 7) is 2.44. The molecule has 0 saturated carbocycles. The van der Waals surface area contributed by atoms with Crippen molar-refractivity contribution in [3.05, 3.63) is 54.4 Å². The van der Waals surface area contributed by atoms with E-state index in [0.29, 0.717) is 18.1 Å². The SMILES string of the molecule is CC(Nc1ncnc2ccccc12)C(=O)NCc1ccc2c(c1)OCO2. The van der Waals surface area contributed by atoms with Gasteiger partial charge < -0.3 is 20.1 Å². The van der Waals surface area contributed by atoms with Gasteiger partial charge in [-0.05, 0) is 36.8 Å². The number of benzene rings is 2. The van der Waals surface area contributed by atoms with Crippen LogP contribution in [0.1, 0.15) is 12.5 Å². The molecule has 2 aromatic carbocycles. The molecule has 1 aliphatic heterocycles. The summed E-state index contributed by atoms with van der Waals surface area (Å²) < 4.78 is 10.6. The lowest BCUT2D eigenvalue weighted by Gasteiger charge is -2.16. The van der Waals surface area contributed by atoms with E-state index in [9.17, 15) is 4.79 Å². The van der Waals surface area contributed by atoms with Crippen LogP contribution in [0.25, 0.3) is 10.9 Å². The second kappa shape index (κ2) is 6.87. The van der Waals surface area contributed by atoms with Gasteiger partial charge in [-0.15, -0.1) is 0 Å². The van der Waals surface area contributed by atoms with E-state index in [1.807, 2.05) is 42.5 Å². The molecule has 132 valence electrons. The minimum Gasteiger partial charge on any atom is -0.454 e. The molecule has 26 heavy (non-hydrogen) atoms. The van der Waals surface area contributed by atoms with Crippen molar-refractivity contribution in [1.29, 1.82) is 0 Å². The number of hydrogen-bond donors (Lipinski definition) is 2. The Labute approximate surface area is 150 Å². The number of fused-ring (bicyclic) bond motifs is 2. The molecule has 1 unspecified atom stereocenters. The fraction of sp³-hybridized carbons (Fsp3) is 0.211. The second-order valence-electron chi connectivity index (χ2n) is 6.01. The van der Waals surface area contributed by atoms with Gasteiger partial charge in [0.25, 0.3) is 0 Å². The van der Waals surface area contributed by atoms with Gasteiger partial charge in [0.15, 0.2) is 11.5 Å². The quantitative estimate of drug-likeness (QED) is 0.735. The average molecular weight is 350 g/mol. The number of hydrogen-bond acceptors (Lipinski definition) is 6. The highest BCUT2D eigenvalue weighted by Gasteiger charge is 2.16. The highest BCUT2D eigenvalue weighted by molar-refractivity contribution is 5.91. The maximum Gasteiger partial charge on any atom is 0.242 e. The van der Waals surface area contributed by atoms with Gasteiger partial charge in [0.05, 0.1) is 5.52 Å². The van der Waals surface area contributed by atoms with Crippen LogP contribution in [0.2, 0.25) is 0 Å². The third kappa shape index (κ3) is 3.23. The summed E-state index contributed by atoms with van der Waals surface area (Å²) in [5, 5.41) is 6.95. The maximum atomic E-state index is 12.4. The minimum absolute atomic E-state index is 0.120. The Morgan fingerprint density at radius 3 is 2.92 bits per heavy atom. The second-order valence-corrected chi connectivity index (χ2v) is 6.01. The van der Waals surface area contributed by atoms with Crippen molar-refractivity contribution in [2.24, 2.45) is 0 Å². The van der Waals surface area contributed by atoms with E-state index in [4.69, 9.17) is 9.47 Å². The minimum atomic E-state index is -0.442. The Balaban J connectivity index is 1.40. The summed E-state index contributed by atoms with van der Waals surface area (Å²) in [6, 6.07) is 12.9. The molecule has 1 atom stereocenters. The van der Waals surface area contributed by atoms with E-state index in [1.54, 1.807) is 6.92 Å². The van der Waals surface area contributed by atoms with Crippen LogP contribution in [-0.4, -0.2) is 28.7 Å². The predicted molar refractivity (Wildman–Crippen MR) is 97.0 cm³/mol. The molecule has 2 heterocycles. The fourth-order valence-corrected chi connectivity index (χ4v) is 2.78. The van der Waals surface area contributed by atoms with Gasteiger partial charge in [-0.2, -0.15) is 0 Å². The summed E-state index contributed by atoms with van der Waals surface area (Å²) in [7, 11) is 0. The Bertz CT molecular complexity index is 955. The number of anilines is 1. The number of rotatable bonds is 5. The van der Waals surface area contributed by atoms with Crippen molar-refractivity contribution in [2.45, 2.75) is 19.5 Å². The van der Waals surface area contributed by atoms with Gasteiger partial charge in [-0.1, -0.05) is 18.2 Å². The number of nitrogens with zero attached hydrogens (tertiary/aromatic N) is 2. The highest BCUT2D eigenvalue weighted by Crippen LogP contribution is 2.32. The van der Waals surface area contributed by atoms with Crippen LogP contribution in [0.4, 0.5) is 5.82 Å². The summed E-state index contributed by atoms with van der Waals surface area (Å²) in [4.78, 5) is 20.9. The molecule has 4 rings (SSSR count). The molecule has 0 bridgehead atoms. The third-order valence-electron chi connectivity index (χ3n) is 4.19. The van der Waals surface area contributed by atoms with Crippen molar-refractivity contribution in [3.8, 4) is 11.5 Å². The molecule has 0 fully saturated rings. The van der Waals surface area contributed by atoms with Crippen LogP contribution in [-0.2, 0) is 11.3 Å². The molecule has 0 aliphatic carbocycles. The van der Waals surface area contributed by atoms with Crippen LogP contribution in [0, 0.1) is 0 Å². The first-order chi connectivity index (χ1) is 12.7. The zero-order valence-corrected chi connectivity index (χ0v) is 14.2. The molecule has 0 radical (unpaired) electrons. The molecule has 2 N–H and O–H groups in total. The zero-order chi connectivity index (χ0) is 17.9. The molecule has 7 heteroatoms. The molecule has 7 nitrogen and oxygen atoms in total. The van der Waals surface area contributed by atoms with Crippen molar-refractivity contribution in [3.63, 3.8) is 0 Å². The number of aromatic nitrogens is 2. The number of ether oxygens (including phenoxy) is 2. The van der Waals surface area contributed by atoms with Gasteiger partial charge in [0.2, 0.25) is 12.7 Å². The van der Waals surface area contributed by atoms with Crippen molar-refractivity contribution in [2.75, 3.05) is 12.1 Å². The van der Waals surface area contributed by atoms with Crippen LogP contribution in [0.3, 0.4) is 0 Å². The first-order valence-corrected chi connectivity index (χ1v) is 8.33. The molecular formula is C19H18N4O3. The first kappa shape index (κ1) is 16.1. The first-order valence-electron chi connectivity index (χ1n) is 8.33. The lowest BCUT2D eigenvalue weighted by atomic mass is 10.2. The standard InChI is InChI=1S/C19H18N4O3/c1-12(23-18-14-4-2-3-5-15(14)21-10-22-18)19(24)20-9-13-6-7-16-17(8-13)26-11-25-16/h2-8,10,12H,9,11H2,1H3,(H,20,24)(H,21,22,23). The third-order valence-corrected chi connectivity index (χ3v) is 4.19. The average Bonchev–Trinajstić information content (AvgIpc) is 3.14. The summed E-state index contributed by atoms with van der Waals surface area (Å²) in [5.41, 5.74) is 1.78. The fourth-order valence-electron chi connectivity index (χ4n) is 2.78. The molecule has 1 aromatic heterocycles. The Kier molecular flexibility index (Phi) is 4.27. The largest absolute Gasteiger partial charge is 0.454 e. The van der Waals surface area contributed by atoms with Crippen molar-refractivity contribution >= 4 is 22.6 Å². The van der Waals surface area contributed by atoms with Crippen molar-refractivity contribution < 1.29 is 14.3 Å². The van der Waals surface area contributed by atoms with Crippen molar-refractivity contribution in [1.82, 2.24) is 15.3 Å². The monoisotopic (exact) mass is 350 g/mol. The number of carbonyl (C=O) groups excluding carboxylic acids is 1. The van der Waals surface area contributed by atoms with E-state index < -0.39 is 6.04 Å². The Morgan fingerprint density at radius 2 is 2.00 bits per heavy atom. The van der Waals surface area contributed by atoms with E-state index in [0.717, 1.165) is 22.2 Å². The van der Waals surface area contributed by atoms with Gasteiger partial charge >= 0.3 is 0 Å². The molecule has 3 aromatic rings.